The van der Waals surface area contributed by atoms with Gasteiger partial charge >= 0.3 is 0 Å². The van der Waals surface area contributed by atoms with Crippen molar-refractivity contribution in [2.75, 3.05) is 0 Å². The van der Waals surface area contributed by atoms with Gasteiger partial charge in [0.05, 0.1) is 11.6 Å². The second-order valence-electron chi connectivity index (χ2n) is 4.37. The van der Waals surface area contributed by atoms with E-state index in [-0.39, 0.29) is 11.9 Å². The Morgan fingerprint density at radius 3 is 2.25 bits per heavy atom. The molecule has 1 atom stereocenters. The first kappa shape index (κ1) is 15.7. The summed E-state index contributed by atoms with van der Waals surface area (Å²) in [5, 5.41) is 2.99. The van der Waals surface area contributed by atoms with Crippen molar-refractivity contribution in [2.45, 2.75) is 13.0 Å². The molecule has 0 heterocycles. The van der Waals surface area contributed by atoms with E-state index in [0.717, 1.165) is 19.0 Å². The summed E-state index contributed by atoms with van der Waals surface area (Å²) in [7, 11) is 0. The van der Waals surface area contributed by atoms with E-state index in [4.69, 9.17) is 0 Å². The third-order valence-electron chi connectivity index (χ3n) is 2.89. The largest absolute Gasteiger partial charge is 0.345 e. The molecule has 2 aromatic carbocycles. The molecule has 0 aliphatic heterocycles. The van der Waals surface area contributed by atoms with Crippen molar-refractivity contribution >= 4 is 53.7 Å². The van der Waals surface area contributed by atoms with Gasteiger partial charge in [0.1, 0.15) is 0 Å². The van der Waals surface area contributed by atoms with Gasteiger partial charge < -0.3 is 5.32 Å². The van der Waals surface area contributed by atoms with Crippen LogP contribution in [0.1, 0.15) is 28.9 Å². The number of hydrogen-bond donors (Lipinski definition) is 1. The smallest absolute Gasteiger partial charge is 0.252 e. The fraction of sp³-hybridized carbons (Fsp3) is 0.133. The van der Waals surface area contributed by atoms with Crippen molar-refractivity contribution in [1.82, 2.24) is 5.32 Å². The minimum atomic E-state index is -0.103. The van der Waals surface area contributed by atoms with Gasteiger partial charge in [0.25, 0.3) is 5.91 Å². The molecule has 0 radical (unpaired) electrons. The van der Waals surface area contributed by atoms with Crippen LogP contribution in [0, 0.1) is 0 Å². The Morgan fingerprint density at radius 1 is 1.00 bits per heavy atom. The van der Waals surface area contributed by atoms with Crippen molar-refractivity contribution in [2.24, 2.45) is 0 Å². The van der Waals surface area contributed by atoms with Crippen LogP contribution in [0.25, 0.3) is 0 Å². The highest BCUT2D eigenvalue weighted by molar-refractivity contribution is 9.11. The van der Waals surface area contributed by atoms with E-state index in [1.165, 1.54) is 0 Å². The zero-order chi connectivity index (χ0) is 14.7. The van der Waals surface area contributed by atoms with E-state index in [1.54, 1.807) is 6.07 Å². The van der Waals surface area contributed by atoms with E-state index in [2.05, 4.69) is 53.1 Å². The summed E-state index contributed by atoms with van der Waals surface area (Å²) in [6.07, 6.45) is 0. The number of carbonyl (C=O) groups is 1. The van der Waals surface area contributed by atoms with Crippen LogP contribution < -0.4 is 5.32 Å². The highest BCUT2D eigenvalue weighted by Gasteiger charge is 2.14. The fourth-order valence-electron chi connectivity index (χ4n) is 1.78. The quantitative estimate of drug-likeness (QED) is 0.645. The molecular weight excluding hydrogens is 450 g/mol. The monoisotopic (exact) mass is 459 g/mol. The Hall–Kier alpha value is -0.650. The summed E-state index contributed by atoms with van der Waals surface area (Å²) in [5.74, 6) is -0.103. The van der Waals surface area contributed by atoms with Crippen LogP contribution in [0.3, 0.4) is 0 Å². The van der Waals surface area contributed by atoms with Crippen LogP contribution in [0.4, 0.5) is 0 Å². The molecule has 0 aliphatic rings. The molecular formula is C15H12Br3NO. The lowest BCUT2D eigenvalue weighted by molar-refractivity contribution is 0.0939. The maximum atomic E-state index is 12.3. The molecule has 0 fully saturated rings. The molecule has 2 nitrogen and oxygen atoms in total. The van der Waals surface area contributed by atoms with Gasteiger partial charge in [-0.05, 0) is 58.7 Å². The predicted octanol–water partition coefficient (Wildman–Crippen LogP) is 5.47. The van der Waals surface area contributed by atoms with Crippen LogP contribution in [0.2, 0.25) is 0 Å². The lowest BCUT2D eigenvalue weighted by Crippen LogP contribution is -2.26. The Balaban J connectivity index is 2.15. The van der Waals surface area contributed by atoms with E-state index >= 15 is 0 Å². The second-order valence-corrected chi connectivity index (χ2v) is 7.06. The third kappa shape index (κ3) is 3.93. The van der Waals surface area contributed by atoms with E-state index in [1.807, 2.05) is 43.3 Å². The van der Waals surface area contributed by atoms with Crippen LogP contribution in [0.5, 0.6) is 0 Å². The number of amides is 1. The highest BCUT2D eigenvalue weighted by atomic mass is 79.9. The van der Waals surface area contributed by atoms with Crippen LogP contribution in [0.15, 0.2) is 55.9 Å². The first-order chi connectivity index (χ1) is 9.47. The van der Waals surface area contributed by atoms with Gasteiger partial charge in [-0.15, -0.1) is 0 Å². The second kappa shape index (κ2) is 6.87. The molecule has 0 spiro atoms. The maximum Gasteiger partial charge on any atom is 0.252 e. The number of hydrogen-bond acceptors (Lipinski definition) is 1. The minimum Gasteiger partial charge on any atom is -0.345 e. The van der Waals surface area contributed by atoms with Crippen molar-refractivity contribution in [3.63, 3.8) is 0 Å². The van der Waals surface area contributed by atoms with Crippen LogP contribution >= 0.6 is 47.8 Å². The highest BCUT2D eigenvalue weighted by Crippen LogP contribution is 2.23. The van der Waals surface area contributed by atoms with Crippen molar-refractivity contribution in [1.29, 1.82) is 0 Å². The number of carbonyl (C=O) groups excluding carboxylic acids is 1. The molecule has 0 aliphatic carbocycles. The first-order valence-electron chi connectivity index (χ1n) is 5.99. The molecule has 1 amide bonds. The van der Waals surface area contributed by atoms with E-state index < -0.39 is 0 Å². The molecule has 1 unspecified atom stereocenters. The zero-order valence-corrected chi connectivity index (χ0v) is 15.4. The number of benzene rings is 2. The van der Waals surface area contributed by atoms with E-state index in [0.29, 0.717) is 5.56 Å². The number of rotatable bonds is 3. The van der Waals surface area contributed by atoms with Crippen molar-refractivity contribution in [3.8, 4) is 0 Å². The molecule has 0 saturated carbocycles. The Bertz CT molecular complexity index is 626. The predicted molar refractivity (Wildman–Crippen MR) is 91.9 cm³/mol. The van der Waals surface area contributed by atoms with Crippen LogP contribution in [-0.4, -0.2) is 5.91 Å². The van der Waals surface area contributed by atoms with Gasteiger partial charge in [-0.3, -0.25) is 4.79 Å². The molecule has 2 rings (SSSR count). The van der Waals surface area contributed by atoms with Gasteiger partial charge in [-0.2, -0.15) is 0 Å². The lowest BCUT2D eigenvalue weighted by Gasteiger charge is -2.15. The first-order valence-corrected chi connectivity index (χ1v) is 8.36. The van der Waals surface area contributed by atoms with Gasteiger partial charge in [0.15, 0.2) is 0 Å². The van der Waals surface area contributed by atoms with Gasteiger partial charge in [0, 0.05) is 13.4 Å². The molecule has 5 heteroatoms. The third-order valence-corrected chi connectivity index (χ3v) is 4.60. The van der Waals surface area contributed by atoms with E-state index in [9.17, 15) is 4.79 Å². The molecule has 1 N–H and O–H groups in total. The molecule has 0 aromatic heterocycles. The standard InChI is InChI=1S/C15H12Br3NO/c1-9(10-2-4-11(16)5-3-10)19-15(20)13-8-12(17)6-7-14(13)18/h2-9H,1H3,(H,19,20). The summed E-state index contributed by atoms with van der Waals surface area (Å²) in [4.78, 5) is 12.3. The summed E-state index contributed by atoms with van der Waals surface area (Å²) >= 11 is 10.2. The van der Waals surface area contributed by atoms with Crippen molar-refractivity contribution in [3.05, 3.63) is 67.0 Å². The van der Waals surface area contributed by atoms with Gasteiger partial charge in [0.2, 0.25) is 0 Å². The average molecular weight is 462 g/mol. The summed E-state index contributed by atoms with van der Waals surface area (Å²) in [6, 6.07) is 13.4. The molecule has 2 aromatic rings. The summed E-state index contributed by atoms with van der Waals surface area (Å²) in [5.41, 5.74) is 1.68. The molecule has 0 bridgehead atoms. The lowest BCUT2D eigenvalue weighted by atomic mass is 10.1. The van der Waals surface area contributed by atoms with Crippen molar-refractivity contribution < 1.29 is 4.79 Å². The summed E-state index contributed by atoms with van der Waals surface area (Å²) in [6.45, 7) is 1.97. The Labute approximate surface area is 143 Å². The molecule has 20 heavy (non-hydrogen) atoms. The fourth-order valence-corrected chi connectivity index (χ4v) is 2.83. The number of halogens is 3. The maximum absolute atomic E-state index is 12.3. The van der Waals surface area contributed by atoms with Gasteiger partial charge in [-0.1, -0.05) is 44.0 Å². The minimum absolute atomic E-state index is 0.0542. The Morgan fingerprint density at radius 2 is 1.60 bits per heavy atom. The molecule has 104 valence electrons. The zero-order valence-electron chi connectivity index (χ0n) is 10.7. The van der Waals surface area contributed by atoms with Crippen LogP contribution in [-0.2, 0) is 0 Å². The number of nitrogens with one attached hydrogen (secondary N) is 1. The van der Waals surface area contributed by atoms with Gasteiger partial charge in [-0.25, -0.2) is 0 Å². The topological polar surface area (TPSA) is 29.1 Å². The Kier molecular flexibility index (Phi) is 5.41. The SMILES string of the molecule is CC(NC(=O)c1cc(Br)ccc1Br)c1ccc(Br)cc1. The summed E-state index contributed by atoms with van der Waals surface area (Å²) < 4.78 is 2.68. The molecule has 0 saturated heterocycles. The average Bonchev–Trinajstić information content (AvgIpc) is 2.42. The normalized spacial score (nSPS) is 12.0.